The smallest absolute Gasteiger partial charge is 0.123 e. The van der Waals surface area contributed by atoms with Crippen molar-refractivity contribution in [1.82, 2.24) is 4.98 Å². The lowest BCUT2D eigenvalue weighted by molar-refractivity contribution is 1.01. The molecule has 2 nitrogen and oxygen atoms in total. The van der Waals surface area contributed by atoms with Gasteiger partial charge in [-0.3, -0.25) is 0 Å². The van der Waals surface area contributed by atoms with Crippen LogP contribution < -0.4 is 5.73 Å². The summed E-state index contributed by atoms with van der Waals surface area (Å²) in [7, 11) is 0. The summed E-state index contributed by atoms with van der Waals surface area (Å²) in [5, 5.41) is 3.07. The van der Waals surface area contributed by atoms with Crippen LogP contribution in [-0.2, 0) is 6.54 Å². The lowest BCUT2D eigenvalue weighted by atomic mass is 10.2. The van der Waals surface area contributed by atoms with Crippen molar-refractivity contribution in [2.24, 2.45) is 5.73 Å². The van der Waals surface area contributed by atoms with Gasteiger partial charge in [-0.25, -0.2) is 4.98 Å². The van der Waals surface area contributed by atoms with Gasteiger partial charge in [-0.1, -0.05) is 19.1 Å². The highest BCUT2D eigenvalue weighted by molar-refractivity contribution is 7.99. The maximum absolute atomic E-state index is 5.55. The van der Waals surface area contributed by atoms with E-state index in [2.05, 4.69) is 36.2 Å². The first-order valence-electron chi connectivity index (χ1n) is 5.21. The van der Waals surface area contributed by atoms with Crippen LogP contribution in [0.1, 0.15) is 12.6 Å². The summed E-state index contributed by atoms with van der Waals surface area (Å²) in [6, 6.07) is 8.54. The summed E-state index contributed by atoms with van der Waals surface area (Å²) in [4.78, 5) is 5.77. The van der Waals surface area contributed by atoms with E-state index in [0.717, 1.165) is 16.5 Å². The zero-order valence-corrected chi connectivity index (χ0v) is 10.8. The topological polar surface area (TPSA) is 38.9 Å². The van der Waals surface area contributed by atoms with Crippen LogP contribution in [0, 0.1) is 0 Å². The number of hydrogen-bond donors (Lipinski definition) is 1. The molecule has 0 saturated carbocycles. The number of hydrogen-bond acceptors (Lipinski definition) is 4. The van der Waals surface area contributed by atoms with Gasteiger partial charge < -0.3 is 5.73 Å². The molecule has 1 aromatic heterocycles. The number of nitrogens with two attached hydrogens (primary N) is 1. The van der Waals surface area contributed by atoms with Gasteiger partial charge in [0.2, 0.25) is 0 Å². The Morgan fingerprint density at radius 3 is 2.62 bits per heavy atom. The number of benzene rings is 1. The van der Waals surface area contributed by atoms with E-state index in [0.29, 0.717) is 6.54 Å². The summed E-state index contributed by atoms with van der Waals surface area (Å²) in [6.07, 6.45) is 0. The molecular weight excluding hydrogens is 236 g/mol. The van der Waals surface area contributed by atoms with Crippen molar-refractivity contribution in [2.75, 3.05) is 5.75 Å². The molecule has 0 aliphatic carbocycles. The van der Waals surface area contributed by atoms with Crippen LogP contribution in [0.5, 0.6) is 0 Å². The second-order valence-corrected chi connectivity index (χ2v) is 5.50. The number of thiazole rings is 1. The fourth-order valence-electron chi connectivity index (χ4n) is 1.39. The summed E-state index contributed by atoms with van der Waals surface area (Å²) in [5.41, 5.74) is 7.68. The van der Waals surface area contributed by atoms with Crippen molar-refractivity contribution < 1.29 is 0 Å². The van der Waals surface area contributed by atoms with Crippen LogP contribution in [0.4, 0.5) is 0 Å². The van der Waals surface area contributed by atoms with Gasteiger partial charge in [0.1, 0.15) is 5.01 Å². The van der Waals surface area contributed by atoms with Gasteiger partial charge in [0.05, 0.1) is 5.69 Å². The third kappa shape index (κ3) is 2.64. The average molecular weight is 250 g/mol. The lowest BCUT2D eigenvalue weighted by Gasteiger charge is -1.99. The molecule has 2 aromatic rings. The van der Waals surface area contributed by atoms with Crippen LogP contribution in [0.25, 0.3) is 10.6 Å². The normalized spacial score (nSPS) is 10.6. The fraction of sp³-hybridized carbons (Fsp3) is 0.250. The molecule has 16 heavy (non-hydrogen) atoms. The maximum Gasteiger partial charge on any atom is 0.123 e. The first kappa shape index (κ1) is 11.6. The van der Waals surface area contributed by atoms with Crippen molar-refractivity contribution in [3.8, 4) is 10.6 Å². The van der Waals surface area contributed by atoms with E-state index in [-0.39, 0.29) is 0 Å². The zero-order chi connectivity index (χ0) is 11.4. The minimum Gasteiger partial charge on any atom is -0.325 e. The molecule has 0 aliphatic rings. The highest BCUT2D eigenvalue weighted by Crippen LogP contribution is 2.26. The Balaban J connectivity index is 2.20. The average Bonchev–Trinajstić information content (AvgIpc) is 2.79. The molecule has 0 radical (unpaired) electrons. The van der Waals surface area contributed by atoms with Crippen molar-refractivity contribution in [3.63, 3.8) is 0 Å². The molecule has 1 heterocycles. The number of thioether (sulfide) groups is 1. The van der Waals surface area contributed by atoms with E-state index in [1.165, 1.54) is 10.5 Å². The molecule has 0 unspecified atom stereocenters. The van der Waals surface area contributed by atoms with Crippen LogP contribution in [0.2, 0.25) is 0 Å². The van der Waals surface area contributed by atoms with Gasteiger partial charge in [0.15, 0.2) is 0 Å². The predicted molar refractivity (Wildman–Crippen MR) is 71.8 cm³/mol. The summed E-state index contributed by atoms with van der Waals surface area (Å²) >= 11 is 3.50. The number of nitrogens with zero attached hydrogens (tertiary/aromatic N) is 1. The monoisotopic (exact) mass is 250 g/mol. The van der Waals surface area contributed by atoms with Gasteiger partial charge in [0, 0.05) is 22.4 Å². The Hall–Kier alpha value is -0.840. The van der Waals surface area contributed by atoms with Crippen molar-refractivity contribution in [3.05, 3.63) is 35.3 Å². The number of aromatic nitrogens is 1. The molecule has 84 valence electrons. The molecule has 0 spiro atoms. The minimum absolute atomic E-state index is 0.514. The molecule has 0 bridgehead atoms. The van der Waals surface area contributed by atoms with Gasteiger partial charge in [0.25, 0.3) is 0 Å². The van der Waals surface area contributed by atoms with E-state index < -0.39 is 0 Å². The van der Waals surface area contributed by atoms with E-state index >= 15 is 0 Å². The summed E-state index contributed by atoms with van der Waals surface area (Å²) < 4.78 is 0. The van der Waals surface area contributed by atoms with E-state index in [1.54, 1.807) is 11.3 Å². The molecule has 0 fully saturated rings. The van der Waals surface area contributed by atoms with Crippen molar-refractivity contribution >= 4 is 23.1 Å². The van der Waals surface area contributed by atoms with E-state index in [4.69, 9.17) is 5.73 Å². The maximum atomic E-state index is 5.55. The third-order valence-corrected chi connectivity index (χ3v) is 4.01. The molecular formula is C12H14N2S2. The molecule has 0 aliphatic heterocycles. The Morgan fingerprint density at radius 2 is 2.06 bits per heavy atom. The summed E-state index contributed by atoms with van der Waals surface area (Å²) in [5.74, 6) is 1.11. The molecule has 1 aromatic carbocycles. The third-order valence-electron chi connectivity index (χ3n) is 2.17. The first-order valence-corrected chi connectivity index (χ1v) is 7.07. The highest BCUT2D eigenvalue weighted by Gasteiger charge is 2.03. The largest absolute Gasteiger partial charge is 0.325 e. The van der Waals surface area contributed by atoms with Crippen LogP contribution >= 0.6 is 23.1 Å². The molecule has 0 saturated heterocycles. The van der Waals surface area contributed by atoms with Crippen molar-refractivity contribution in [1.29, 1.82) is 0 Å². The Labute approximate surface area is 104 Å². The summed E-state index contributed by atoms with van der Waals surface area (Å²) in [6.45, 7) is 2.67. The lowest BCUT2D eigenvalue weighted by Crippen LogP contribution is -1.95. The number of rotatable bonds is 4. The van der Waals surface area contributed by atoms with Gasteiger partial charge >= 0.3 is 0 Å². The fourth-order valence-corrected chi connectivity index (χ4v) is 2.89. The second-order valence-electron chi connectivity index (χ2n) is 3.31. The van der Waals surface area contributed by atoms with Crippen LogP contribution in [-0.4, -0.2) is 10.7 Å². The van der Waals surface area contributed by atoms with Gasteiger partial charge in [-0.2, -0.15) is 0 Å². The molecule has 2 rings (SSSR count). The SMILES string of the molecule is CCSc1ccc(-c2nc(CN)cs2)cc1. The highest BCUT2D eigenvalue weighted by atomic mass is 32.2. The van der Waals surface area contributed by atoms with Crippen molar-refractivity contribution in [2.45, 2.75) is 18.4 Å². The Kier molecular flexibility index (Phi) is 3.98. The van der Waals surface area contributed by atoms with E-state index in [1.807, 2.05) is 17.1 Å². The van der Waals surface area contributed by atoms with Crippen LogP contribution in [0.15, 0.2) is 34.5 Å². The molecule has 4 heteroatoms. The van der Waals surface area contributed by atoms with Gasteiger partial charge in [-0.15, -0.1) is 23.1 Å². The Bertz CT molecular complexity index is 448. The molecule has 2 N–H and O–H groups in total. The quantitative estimate of drug-likeness (QED) is 0.845. The Morgan fingerprint density at radius 1 is 1.31 bits per heavy atom. The standard InChI is InChI=1S/C12H14N2S2/c1-2-15-11-5-3-9(4-6-11)12-14-10(7-13)8-16-12/h3-6,8H,2,7,13H2,1H3. The van der Waals surface area contributed by atoms with Crippen LogP contribution in [0.3, 0.4) is 0 Å². The predicted octanol–water partition coefficient (Wildman–Crippen LogP) is 3.38. The van der Waals surface area contributed by atoms with E-state index in [9.17, 15) is 0 Å². The second kappa shape index (κ2) is 5.48. The zero-order valence-electron chi connectivity index (χ0n) is 9.14. The first-order chi connectivity index (χ1) is 7.83. The molecule has 0 amide bonds. The molecule has 0 atom stereocenters. The minimum atomic E-state index is 0.514. The van der Waals surface area contributed by atoms with Gasteiger partial charge in [-0.05, 0) is 17.9 Å².